The highest BCUT2D eigenvalue weighted by Gasteiger charge is 2.16. The molecule has 0 aliphatic heterocycles. The minimum Gasteiger partial charge on any atom is -0.379 e. The van der Waals surface area contributed by atoms with Crippen molar-refractivity contribution in [2.24, 2.45) is 0 Å². The van der Waals surface area contributed by atoms with E-state index in [1.54, 1.807) is 18.2 Å². The monoisotopic (exact) mass is 431 g/mol. The number of thioether (sulfide) groups is 1. The van der Waals surface area contributed by atoms with E-state index in [2.05, 4.69) is 44.7 Å². The molecule has 0 radical (unpaired) electrons. The molecule has 1 aromatic heterocycles. The van der Waals surface area contributed by atoms with Gasteiger partial charge in [0.05, 0.1) is 16.7 Å². The molecular formula is C20H25N5O2S2. The minimum absolute atomic E-state index is 0.0579. The minimum atomic E-state index is -3.23. The first-order chi connectivity index (χ1) is 14.0. The second kappa shape index (κ2) is 12.0. The maximum atomic E-state index is 12.0. The second-order valence-electron chi connectivity index (χ2n) is 6.10. The summed E-state index contributed by atoms with van der Waals surface area (Å²) >= 11 is 1.26. The van der Waals surface area contributed by atoms with Gasteiger partial charge in [0.15, 0.2) is 9.84 Å². The molecule has 0 aromatic carbocycles. The predicted molar refractivity (Wildman–Crippen MR) is 119 cm³/mol. The molecule has 0 atom stereocenters. The zero-order valence-corrected chi connectivity index (χ0v) is 17.9. The fraction of sp³-hybridized carbons (Fsp3) is 0.250. The van der Waals surface area contributed by atoms with Crippen molar-refractivity contribution in [3.63, 3.8) is 0 Å². The van der Waals surface area contributed by atoms with Gasteiger partial charge >= 0.3 is 0 Å². The van der Waals surface area contributed by atoms with Gasteiger partial charge in [-0.1, -0.05) is 79.1 Å². The molecule has 0 fully saturated rings. The van der Waals surface area contributed by atoms with Gasteiger partial charge < -0.3 is 5.32 Å². The summed E-state index contributed by atoms with van der Waals surface area (Å²) in [4.78, 5) is 0.376. The number of nitrogens with one attached hydrogen (secondary N) is 2. The first-order valence-electron chi connectivity index (χ1n) is 9.03. The van der Waals surface area contributed by atoms with Gasteiger partial charge in [-0.2, -0.15) is 5.21 Å². The predicted octanol–water partition coefficient (Wildman–Crippen LogP) is 3.27. The highest BCUT2D eigenvalue weighted by Crippen LogP contribution is 2.17. The van der Waals surface area contributed by atoms with Crippen molar-refractivity contribution in [1.29, 1.82) is 0 Å². The zero-order chi connectivity index (χ0) is 21.0. The van der Waals surface area contributed by atoms with Crippen LogP contribution in [0.3, 0.4) is 0 Å². The lowest BCUT2D eigenvalue weighted by Crippen LogP contribution is -2.22. The molecule has 2 aliphatic carbocycles. The Morgan fingerprint density at radius 1 is 1.24 bits per heavy atom. The molecule has 0 spiro atoms. The summed E-state index contributed by atoms with van der Waals surface area (Å²) in [5.41, 5.74) is 0.992. The second-order valence-corrected chi connectivity index (χ2v) is 9.27. The van der Waals surface area contributed by atoms with Crippen LogP contribution in [0.2, 0.25) is 0 Å². The van der Waals surface area contributed by atoms with Crippen molar-refractivity contribution >= 4 is 21.6 Å². The Bertz CT molecular complexity index is 924. The summed E-state index contributed by atoms with van der Waals surface area (Å²) in [6, 6.07) is 0.294. The molecule has 7 nitrogen and oxygen atoms in total. The van der Waals surface area contributed by atoms with Crippen molar-refractivity contribution < 1.29 is 8.42 Å². The van der Waals surface area contributed by atoms with Crippen LogP contribution in [0.25, 0.3) is 0 Å². The van der Waals surface area contributed by atoms with Crippen LogP contribution in [0.4, 0.5) is 0 Å². The van der Waals surface area contributed by atoms with Crippen LogP contribution >= 0.6 is 11.8 Å². The number of allylic oxidation sites excluding steroid dienone is 10. The number of sulfone groups is 1. The average molecular weight is 432 g/mol. The standard InChI is InChI=1S/C10H12N4O2S2.C10H13N/c15-18(16,9-5-3-1-2-4-6-9)8-7-17-10-11-13-14-12-10;1-9(2)11-10-7-5-3-4-6-8-10/h1-3,5-6H,4,7-8H2,(H,11,12,13,14);3-8,10-11H,1H2,2H3. The van der Waals surface area contributed by atoms with Crippen LogP contribution in [-0.4, -0.2) is 46.6 Å². The van der Waals surface area contributed by atoms with Crippen LogP contribution in [0.15, 0.2) is 89.2 Å². The van der Waals surface area contributed by atoms with E-state index in [4.69, 9.17) is 0 Å². The lowest BCUT2D eigenvalue weighted by molar-refractivity contribution is 0.604. The van der Waals surface area contributed by atoms with Crippen LogP contribution in [0.1, 0.15) is 13.3 Å². The van der Waals surface area contributed by atoms with Crippen molar-refractivity contribution in [2.45, 2.75) is 24.5 Å². The highest BCUT2D eigenvalue weighted by molar-refractivity contribution is 8.01. The van der Waals surface area contributed by atoms with Gasteiger partial charge in [-0.05, 0) is 24.6 Å². The third-order valence-electron chi connectivity index (χ3n) is 3.61. The summed E-state index contributed by atoms with van der Waals surface area (Å²) in [7, 11) is -3.23. The molecule has 0 saturated heterocycles. The van der Waals surface area contributed by atoms with E-state index in [0.717, 1.165) is 5.70 Å². The van der Waals surface area contributed by atoms with E-state index in [9.17, 15) is 8.42 Å². The fourth-order valence-corrected chi connectivity index (χ4v) is 4.77. The molecule has 0 bridgehead atoms. The molecule has 1 heterocycles. The fourth-order valence-electron chi connectivity index (χ4n) is 2.31. The molecule has 154 valence electrons. The van der Waals surface area contributed by atoms with Gasteiger partial charge in [0.1, 0.15) is 0 Å². The van der Waals surface area contributed by atoms with Crippen LogP contribution in [0, 0.1) is 0 Å². The molecule has 2 N–H and O–H groups in total. The summed E-state index contributed by atoms with van der Waals surface area (Å²) in [6.07, 6.45) is 21.7. The third-order valence-corrected chi connectivity index (χ3v) is 6.47. The van der Waals surface area contributed by atoms with Gasteiger partial charge in [-0.15, -0.1) is 10.2 Å². The maximum absolute atomic E-state index is 12.0. The first kappa shape index (κ1) is 22.6. The maximum Gasteiger partial charge on any atom is 0.230 e. The zero-order valence-electron chi connectivity index (χ0n) is 16.2. The molecule has 9 heteroatoms. The molecule has 2 aliphatic rings. The number of H-pyrrole nitrogens is 1. The van der Waals surface area contributed by atoms with E-state index in [-0.39, 0.29) is 5.75 Å². The van der Waals surface area contributed by atoms with Crippen molar-refractivity contribution in [1.82, 2.24) is 25.9 Å². The lowest BCUT2D eigenvalue weighted by atomic mass is 10.2. The summed E-state index contributed by atoms with van der Waals surface area (Å²) < 4.78 is 24.1. The summed E-state index contributed by atoms with van der Waals surface area (Å²) in [5.74, 6) is 0.461. The van der Waals surface area contributed by atoms with Crippen molar-refractivity contribution in [2.75, 3.05) is 11.5 Å². The number of hydrogen-bond acceptors (Lipinski definition) is 7. The van der Waals surface area contributed by atoms with Gasteiger partial charge in [0.2, 0.25) is 5.16 Å². The Balaban J connectivity index is 0.000000234. The van der Waals surface area contributed by atoms with Crippen LogP contribution in [-0.2, 0) is 9.84 Å². The van der Waals surface area contributed by atoms with E-state index < -0.39 is 9.84 Å². The Kier molecular flexibility index (Phi) is 9.39. The third kappa shape index (κ3) is 8.93. The van der Waals surface area contributed by atoms with Crippen LogP contribution in [0.5, 0.6) is 0 Å². The van der Waals surface area contributed by atoms with Gasteiger partial charge in [-0.3, -0.25) is 0 Å². The molecule has 3 rings (SSSR count). The number of nitrogens with zero attached hydrogens (tertiary/aromatic N) is 3. The Hall–Kier alpha value is -2.65. The quantitative estimate of drug-likeness (QED) is 0.639. The van der Waals surface area contributed by atoms with Crippen molar-refractivity contribution in [3.8, 4) is 0 Å². The molecule has 0 saturated carbocycles. The smallest absolute Gasteiger partial charge is 0.230 e. The molecule has 1 aromatic rings. The van der Waals surface area contributed by atoms with Gasteiger partial charge in [-0.25, -0.2) is 8.42 Å². The summed E-state index contributed by atoms with van der Waals surface area (Å²) in [5, 5.41) is 16.9. The van der Waals surface area contributed by atoms with E-state index >= 15 is 0 Å². The molecule has 0 amide bonds. The summed E-state index contributed by atoms with van der Waals surface area (Å²) in [6.45, 7) is 5.74. The largest absolute Gasteiger partial charge is 0.379 e. The number of aromatic amines is 1. The Morgan fingerprint density at radius 2 is 2.00 bits per heavy atom. The van der Waals surface area contributed by atoms with Crippen molar-refractivity contribution in [3.05, 3.63) is 84.0 Å². The Labute approximate surface area is 176 Å². The lowest BCUT2D eigenvalue weighted by Gasteiger charge is -2.10. The van der Waals surface area contributed by atoms with E-state index in [1.165, 1.54) is 11.8 Å². The SMILES string of the molecule is C=C(C)NC1C=CC=CC=C1.O=S(=O)(CCSc1nn[nH]n1)C1=CCC=CC=C1. The normalized spacial score (nSPS) is 15.8. The number of tetrazole rings is 1. The van der Waals surface area contributed by atoms with E-state index in [0.29, 0.717) is 28.3 Å². The first-order valence-corrected chi connectivity index (χ1v) is 11.7. The van der Waals surface area contributed by atoms with Gasteiger partial charge in [0.25, 0.3) is 0 Å². The molecular weight excluding hydrogens is 406 g/mol. The van der Waals surface area contributed by atoms with Gasteiger partial charge in [0, 0.05) is 11.4 Å². The topological polar surface area (TPSA) is 101 Å². The Morgan fingerprint density at radius 3 is 2.66 bits per heavy atom. The molecule has 29 heavy (non-hydrogen) atoms. The average Bonchev–Trinajstić information content (AvgIpc) is 2.90. The number of aromatic nitrogens is 4. The van der Waals surface area contributed by atoms with Crippen LogP contribution < -0.4 is 5.32 Å². The molecule has 0 unspecified atom stereocenters. The highest BCUT2D eigenvalue weighted by atomic mass is 32.2. The number of rotatable bonds is 7. The van der Waals surface area contributed by atoms with E-state index in [1.807, 2.05) is 43.4 Å². The number of hydrogen-bond donors (Lipinski definition) is 2.